The highest BCUT2D eigenvalue weighted by Gasteiger charge is 2.23. The molecule has 1 fully saturated rings. The molecule has 3 rings (SSSR count). The zero-order chi connectivity index (χ0) is 14.7. The van der Waals surface area contributed by atoms with Crippen molar-refractivity contribution in [2.75, 3.05) is 6.54 Å². The van der Waals surface area contributed by atoms with Crippen LogP contribution in [0.5, 0.6) is 0 Å². The predicted octanol–water partition coefficient (Wildman–Crippen LogP) is 2.75. The molecule has 1 aromatic carbocycles. The first-order valence-electron chi connectivity index (χ1n) is 7.81. The molecule has 3 atom stereocenters. The van der Waals surface area contributed by atoms with Gasteiger partial charge in [0.1, 0.15) is 6.33 Å². The van der Waals surface area contributed by atoms with Gasteiger partial charge in [-0.15, -0.1) is 5.10 Å². The Hall–Kier alpha value is -1.75. The van der Waals surface area contributed by atoms with Crippen molar-refractivity contribution in [1.82, 2.24) is 25.5 Å². The fourth-order valence-corrected chi connectivity index (χ4v) is 3.19. The lowest BCUT2D eigenvalue weighted by Gasteiger charge is -2.20. The van der Waals surface area contributed by atoms with Gasteiger partial charge in [-0.3, -0.25) is 0 Å². The summed E-state index contributed by atoms with van der Waals surface area (Å²) >= 11 is 0. The highest BCUT2D eigenvalue weighted by atomic mass is 15.5. The molecule has 1 saturated carbocycles. The topological polar surface area (TPSA) is 55.6 Å². The Labute approximate surface area is 125 Å². The second kappa shape index (κ2) is 6.35. The average molecular weight is 285 g/mol. The number of aromatic nitrogens is 4. The number of nitrogens with one attached hydrogen (secondary N) is 1. The summed E-state index contributed by atoms with van der Waals surface area (Å²) in [5.74, 6) is 1.69. The van der Waals surface area contributed by atoms with E-state index in [0.29, 0.717) is 6.04 Å². The van der Waals surface area contributed by atoms with E-state index in [0.717, 1.165) is 24.1 Å². The molecule has 1 N–H and O–H groups in total. The zero-order valence-electron chi connectivity index (χ0n) is 12.7. The van der Waals surface area contributed by atoms with Crippen LogP contribution >= 0.6 is 0 Å². The third kappa shape index (κ3) is 3.29. The lowest BCUT2D eigenvalue weighted by atomic mass is 9.97. The molecule has 1 aliphatic carbocycles. The summed E-state index contributed by atoms with van der Waals surface area (Å²) < 4.78 is 1.69. The first-order valence-corrected chi connectivity index (χ1v) is 7.81. The molecule has 0 saturated heterocycles. The van der Waals surface area contributed by atoms with Crippen LogP contribution in [-0.2, 0) is 0 Å². The molecular weight excluding hydrogens is 262 g/mol. The third-order valence-electron chi connectivity index (χ3n) is 4.71. The predicted molar refractivity (Wildman–Crippen MR) is 82.1 cm³/mol. The van der Waals surface area contributed by atoms with Crippen molar-refractivity contribution in [3.8, 4) is 5.69 Å². The second-order valence-corrected chi connectivity index (χ2v) is 6.15. The summed E-state index contributed by atoms with van der Waals surface area (Å²) in [6, 6.07) is 8.72. The molecule has 1 aromatic heterocycles. The van der Waals surface area contributed by atoms with E-state index in [1.54, 1.807) is 11.0 Å². The minimum Gasteiger partial charge on any atom is -0.310 e. The van der Waals surface area contributed by atoms with Crippen LogP contribution in [0.3, 0.4) is 0 Å². The van der Waals surface area contributed by atoms with Crippen LogP contribution in [0.1, 0.15) is 44.7 Å². The summed E-state index contributed by atoms with van der Waals surface area (Å²) in [6.45, 7) is 5.71. The summed E-state index contributed by atoms with van der Waals surface area (Å²) in [4.78, 5) is 0. The molecule has 1 heterocycles. The SMILES string of the molecule is CC(NCC1CCCC1C)c1cccc(-n2cnnn2)c1. The fraction of sp³-hybridized carbons (Fsp3) is 0.562. The van der Waals surface area contributed by atoms with E-state index in [1.165, 1.54) is 24.8 Å². The highest BCUT2D eigenvalue weighted by molar-refractivity contribution is 5.35. The molecule has 5 heteroatoms. The Morgan fingerprint density at radius 1 is 1.38 bits per heavy atom. The van der Waals surface area contributed by atoms with E-state index < -0.39 is 0 Å². The van der Waals surface area contributed by atoms with Gasteiger partial charge in [-0.25, -0.2) is 4.68 Å². The number of tetrazole rings is 1. The van der Waals surface area contributed by atoms with Crippen LogP contribution in [-0.4, -0.2) is 26.8 Å². The molecule has 5 nitrogen and oxygen atoms in total. The molecule has 0 spiro atoms. The normalized spacial score (nSPS) is 23.3. The Morgan fingerprint density at radius 3 is 3.00 bits per heavy atom. The second-order valence-electron chi connectivity index (χ2n) is 6.15. The molecule has 0 bridgehead atoms. The van der Waals surface area contributed by atoms with Gasteiger partial charge in [0.25, 0.3) is 0 Å². The van der Waals surface area contributed by atoms with Crippen LogP contribution in [0.15, 0.2) is 30.6 Å². The molecule has 2 aromatic rings. The van der Waals surface area contributed by atoms with Gasteiger partial charge in [0, 0.05) is 6.04 Å². The summed E-state index contributed by atoms with van der Waals surface area (Å²) in [7, 11) is 0. The zero-order valence-corrected chi connectivity index (χ0v) is 12.7. The Morgan fingerprint density at radius 2 is 2.29 bits per heavy atom. The van der Waals surface area contributed by atoms with Gasteiger partial charge in [-0.1, -0.05) is 31.9 Å². The van der Waals surface area contributed by atoms with E-state index in [2.05, 4.69) is 52.9 Å². The monoisotopic (exact) mass is 285 g/mol. The van der Waals surface area contributed by atoms with Gasteiger partial charge < -0.3 is 5.32 Å². The van der Waals surface area contributed by atoms with Crippen molar-refractivity contribution in [1.29, 1.82) is 0 Å². The summed E-state index contributed by atoms with van der Waals surface area (Å²) in [5, 5.41) is 15.0. The van der Waals surface area contributed by atoms with E-state index in [1.807, 2.05) is 6.07 Å². The van der Waals surface area contributed by atoms with Crippen molar-refractivity contribution < 1.29 is 0 Å². The van der Waals surface area contributed by atoms with Crippen molar-refractivity contribution >= 4 is 0 Å². The Bertz CT molecular complexity index is 566. The molecule has 0 radical (unpaired) electrons. The standard InChI is InChI=1S/C16H23N5/c1-12-5-3-7-15(12)10-17-13(2)14-6-4-8-16(9-14)21-11-18-19-20-21/h4,6,8-9,11-13,15,17H,3,5,7,10H2,1-2H3. The summed E-state index contributed by atoms with van der Waals surface area (Å²) in [6.07, 6.45) is 5.76. The Balaban J connectivity index is 1.64. The number of nitrogens with zero attached hydrogens (tertiary/aromatic N) is 4. The largest absolute Gasteiger partial charge is 0.310 e. The van der Waals surface area contributed by atoms with E-state index >= 15 is 0 Å². The third-order valence-corrected chi connectivity index (χ3v) is 4.71. The lowest BCUT2D eigenvalue weighted by molar-refractivity contribution is 0.375. The summed E-state index contributed by atoms with van der Waals surface area (Å²) in [5.41, 5.74) is 2.27. The van der Waals surface area contributed by atoms with Crippen molar-refractivity contribution in [3.63, 3.8) is 0 Å². The first-order chi connectivity index (χ1) is 10.2. The first kappa shape index (κ1) is 14.2. The maximum Gasteiger partial charge on any atom is 0.143 e. The molecule has 3 unspecified atom stereocenters. The maximum absolute atomic E-state index is 3.94. The van der Waals surface area contributed by atoms with E-state index in [4.69, 9.17) is 0 Å². The van der Waals surface area contributed by atoms with Gasteiger partial charge in [0.2, 0.25) is 0 Å². The van der Waals surface area contributed by atoms with E-state index in [-0.39, 0.29) is 0 Å². The van der Waals surface area contributed by atoms with Crippen molar-refractivity contribution in [3.05, 3.63) is 36.2 Å². The quantitative estimate of drug-likeness (QED) is 0.917. The van der Waals surface area contributed by atoms with Crippen LogP contribution in [0, 0.1) is 11.8 Å². The number of benzene rings is 1. The minimum atomic E-state index is 0.342. The van der Waals surface area contributed by atoms with Gasteiger partial charge in [0.05, 0.1) is 5.69 Å². The molecule has 112 valence electrons. The van der Waals surface area contributed by atoms with Gasteiger partial charge >= 0.3 is 0 Å². The van der Waals surface area contributed by atoms with Gasteiger partial charge in [-0.2, -0.15) is 0 Å². The van der Waals surface area contributed by atoms with Gasteiger partial charge in [0.15, 0.2) is 0 Å². The maximum atomic E-state index is 3.94. The molecule has 1 aliphatic rings. The average Bonchev–Trinajstić information content (AvgIpc) is 3.16. The van der Waals surface area contributed by atoms with Crippen molar-refractivity contribution in [2.24, 2.45) is 11.8 Å². The van der Waals surface area contributed by atoms with E-state index in [9.17, 15) is 0 Å². The van der Waals surface area contributed by atoms with Crippen molar-refractivity contribution in [2.45, 2.75) is 39.2 Å². The number of hydrogen-bond acceptors (Lipinski definition) is 4. The fourth-order valence-electron chi connectivity index (χ4n) is 3.19. The number of rotatable bonds is 5. The van der Waals surface area contributed by atoms with Crippen LogP contribution in [0.4, 0.5) is 0 Å². The van der Waals surface area contributed by atoms with Crippen LogP contribution in [0.2, 0.25) is 0 Å². The smallest absolute Gasteiger partial charge is 0.143 e. The molecule has 21 heavy (non-hydrogen) atoms. The highest BCUT2D eigenvalue weighted by Crippen LogP contribution is 2.31. The van der Waals surface area contributed by atoms with Crippen LogP contribution in [0.25, 0.3) is 5.69 Å². The van der Waals surface area contributed by atoms with Crippen LogP contribution < -0.4 is 5.32 Å². The molecule has 0 amide bonds. The number of hydrogen-bond donors (Lipinski definition) is 1. The minimum absolute atomic E-state index is 0.342. The Kier molecular flexibility index (Phi) is 4.29. The lowest BCUT2D eigenvalue weighted by Crippen LogP contribution is -2.27. The molecule has 0 aliphatic heterocycles. The van der Waals surface area contributed by atoms with Gasteiger partial charge in [-0.05, 0) is 59.8 Å². The molecular formula is C16H23N5.